The molecule has 0 saturated heterocycles. The third-order valence-electron chi connectivity index (χ3n) is 2.15. The molecule has 0 aliphatic rings. The fourth-order valence-corrected chi connectivity index (χ4v) is 1.31. The average Bonchev–Trinajstić information content (AvgIpc) is 2.60. The molecule has 0 radical (unpaired) electrons. The van der Waals surface area contributed by atoms with Crippen LogP contribution in [0.2, 0.25) is 0 Å². The number of hydrogen-bond donors (Lipinski definition) is 1. The van der Waals surface area contributed by atoms with Crippen LogP contribution in [-0.2, 0) is 7.05 Å². The lowest BCUT2D eigenvalue weighted by atomic mass is 10.2. The van der Waals surface area contributed by atoms with Crippen molar-refractivity contribution in [2.45, 2.75) is 32.4 Å². The summed E-state index contributed by atoms with van der Waals surface area (Å²) in [5, 5.41) is 19.7. The summed E-state index contributed by atoms with van der Waals surface area (Å²) in [7, 11) is 1.89. The second-order valence-electron chi connectivity index (χ2n) is 3.28. The van der Waals surface area contributed by atoms with E-state index in [1.54, 1.807) is 6.33 Å². The van der Waals surface area contributed by atoms with Gasteiger partial charge >= 0.3 is 0 Å². The minimum absolute atomic E-state index is 0.0482. The van der Waals surface area contributed by atoms with Crippen LogP contribution in [0.5, 0.6) is 0 Å². The van der Waals surface area contributed by atoms with Crippen LogP contribution < -0.4 is 5.32 Å². The summed E-state index contributed by atoms with van der Waals surface area (Å²) >= 11 is 0. The molecule has 0 aliphatic heterocycles. The van der Waals surface area contributed by atoms with E-state index in [-0.39, 0.29) is 12.1 Å². The van der Waals surface area contributed by atoms with Crippen LogP contribution in [0.15, 0.2) is 6.33 Å². The van der Waals surface area contributed by atoms with E-state index in [0.717, 1.165) is 12.2 Å². The van der Waals surface area contributed by atoms with Crippen LogP contribution in [0, 0.1) is 11.3 Å². The normalized spacial score (nSPS) is 14.7. The van der Waals surface area contributed by atoms with Crippen LogP contribution in [0.4, 0.5) is 0 Å². The van der Waals surface area contributed by atoms with Gasteiger partial charge in [-0.15, -0.1) is 10.2 Å². The second kappa shape index (κ2) is 4.72. The molecule has 0 aliphatic carbocycles. The first-order valence-electron chi connectivity index (χ1n) is 4.68. The van der Waals surface area contributed by atoms with E-state index in [9.17, 15) is 0 Å². The largest absolute Gasteiger partial charge is 0.319 e. The molecule has 5 heteroatoms. The van der Waals surface area contributed by atoms with Gasteiger partial charge in [-0.1, -0.05) is 6.92 Å². The van der Waals surface area contributed by atoms with Crippen LogP contribution in [-0.4, -0.2) is 20.8 Å². The Morgan fingerprint density at radius 2 is 2.43 bits per heavy atom. The molecule has 2 unspecified atom stereocenters. The van der Waals surface area contributed by atoms with E-state index in [1.807, 2.05) is 25.5 Å². The molecule has 5 nitrogen and oxygen atoms in total. The van der Waals surface area contributed by atoms with Crippen molar-refractivity contribution in [3.05, 3.63) is 12.2 Å². The minimum Gasteiger partial charge on any atom is -0.319 e. The maximum absolute atomic E-state index is 8.79. The summed E-state index contributed by atoms with van der Waals surface area (Å²) in [5.74, 6) is 0.846. The predicted molar refractivity (Wildman–Crippen MR) is 52.2 cm³/mol. The van der Waals surface area contributed by atoms with E-state index in [2.05, 4.69) is 21.6 Å². The van der Waals surface area contributed by atoms with E-state index < -0.39 is 0 Å². The third kappa shape index (κ3) is 2.30. The van der Waals surface area contributed by atoms with Gasteiger partial charge in [0.2, 0.25) is 0 Å². The van der Waals surface area contributed by atoms with Crippen LogP contribution in [0.3, 0.4) is 0 Å². The van der Waals surface area contributed by atoms with E-state index in [1.165, 1.54) is 0 Å². The maximum Gasteiger partial charge on any atom is 0.149 e. The van der Waals surface area contributed by atoms with Crippen molar-refractivity contribution in [3.8, 4) is 6.07 Å². The number of hydrogen-bond acceptors (Lipinski definition) is 4. The molecule has 0 amide bonds. The lowest BCUT2D eigenvalue weighted by molar-refractivity contribution is 0.479. The fourth-order valence-electron chi connectivity index (χ4n) is 1.31. The number of nitrogens with zero attached hydrogens (tertiary/aromatic N) is 4. The Labute approximate surface area is 83.8 Å². The number of aromatic nitrogens is 3. The minimum atomic E-state index is -0.123. The Hall–Kier alpha value is -1.41. The van der Waals surface area contributed by atoms with Crippen LogP contribution in [0.25, 0.3) is 0 Å². The molecule has 76 valence electrons. The summed E-state index contributed by atoms with van der Waals surface area (Å²) in [6, 6.07) is 2.12. The lowest BCUT2D eigenvalue weighted by Gasteiger charge is -2.15. The first-order valence-corrected chi connectivity index (χ1v) is 4.68. The molecule has 2 atom stereocenters. The topological polar surface area (TPSA) is 66.5 Å². The van der Waals surface area contributed by atoms with Gasteiger partial charge in [-0.05, 0) is 13.3 Å². The molecule has 1 heterocycles. The van der Waals surface area contributed by atoms with Gasteiger partial charge in [-0.2, -0.15) is 5.26 Å². The van der Waals surface area contributed by atoms with Gasteiger partial charge < -0.3 is 4.57 Å². The highest BCUT2D eigenvalue weighted by Gasteiger charge is 2.14. The molecule has 0 fully saturated rings. The standard InChI is InChI=1S/C9H15N5/c1-4-8(5-10)12-7(2)9-13-11-6-14(9)3/h6-8,12H,4H2,1-3H3. The van der Waals surface area contributed by atoms with Crippen molar-refractivity contribution in [3.63, 3.8) is 0 Å². The predicted octanol–water partition coefficient (Wildman–Crippen LogP) is 0.768. The highest BCUT2D eigenvalue weighted by Crippen LogP contribution is 2.08. The first kappa shape index (κ1) is 10.7. The molecular formula is C9H15N5. The quantitative estimate of drug-likeness (QED) is 0.767. The molecule has 1 rings (SSSR count). The zero-order chi connectivity index (χ0) is 10.6. The summed E-state index contributed by atoms with van der Waals surface area (Å²) in [6.07, 6.45) is 2.44. The summed E-state index contributed by atoms with van der Waals surface area (Å²) in [6.45, 7) is 3.95. The van der Waals surface area contributed by atoms with E-state index >= 15 is 0 Å². The van der Waals surface area contributed by atoms with E-state index in [0.29, 0.717) is 0 Å². The molecule has 1 aromatic rings. The maximum atomic E-state index is 8.79. The molecule has 1 aromatic heterocycles. The van der Waals surface area contributed by atoms with Gasteiger partial charge in [-0.25, -0.2) is 0 Å². The molecule has 0 aromatic carbocycles. The van der Waals surface area contributed by atoms with Crippen molar-refractivity contribution < 1.29 is 0 Å². The molecule has 0 saturated carbocycles. The van der Waals surface area contributed by atoms with Crippen molar-refractivity contribution in [1.82, 2.24) is 20.1 Å². The Morgan fingerprint density at radius 3 is 2.86 bits per heavy atom. The molecule has 0 bridgehead atoms. The average molecular weight is 193 g/mol. The Kier molecular flexibility index (Phi) is 3.60. The summed E-state index contributed by atoms with van der Waals surface area (Å²) in [4.78, 5) is 0. The highest BCUT2D eigenvalue weighted by molar-refractivity contribution is 4.97. The zero-order valence-electron chi connectivity index (χ0n) is 8.73. The van der Waals surface area contributed by atoms with Crippen molar-refractivity contribution in [1.29, 1.82) is 5.26 Å². The van der Waals surface area contributed by atoms with Gasteiger partial charge in [0.15, 0.2) is 0 Å². The number of aryl methyl sites for hydroxylation is 1. The smallest absolute Gasteiger partial charge is 0.149 e. The molecule has 1 N–H and O–H groups in total. The first-order chi connectivity index (χ1) is 6.69. The Bertz CT molecular complexity index is 324. The Balaban J connectivity index is 2.63. The van der Waals surface area contributed by atoms with Gasteiger partial charge in [-0.3, -0.25) is 5.32 Å². The SMILES string of the molecule is CCC(C#N)NC(C)c1nncn1C. The van der Waals surface area contributed by atoms with E-state index in [4.69, 9.17) is 5.26 Å². The number of nitriles is 1. The summed E-state index contributed by atoms with van der Waals surface area (Å²) < 4.78 is 1.85. The van der Waals surface area contributed by atoms with Gasteiger partial charge in [0, 0.05) is 7.05 Å². The van der Waals surface area contributed by atoms with Gasteiger partial charge in [0.25, 0.3) is 0 Å². The molecule has 14 heavy (non-hydrogen) atoms. The van der Waals surface area contributed by atoms with Gasteiger partial charge in [0.05, 0.1) is 18.2 Å². The third-order valence-corrected chi connectivity index (χ3v) is 2.15. The molecule has 0 spiro atoms. The Morgan fingerprint density at radius 1 is 1.71 bits per heavy atom. The van der Waals surface area contributed by atoms with Crippen molar-refractivity contribution in [2.24, 2.45) is 7.05 Å². The van der Waals surface area contributed by atoms with Crippen molar-refractivity contribution >= 4 is 0 Å². The van der Waals surface area contributed by atoms with Crippen LogP contribution >= 0.6 is 0 Å². The number of rotatable bonds is 4. The monoisotopic (exact) mass is 193 g/mol. The zero-order valence-corrected chi connectivity index (χ0v) is 8.73. The molecular weight excluding hydrogens is 178 g/mol. The van der Waals surface area contributed by atoms with Crippen molar-refractivity contribution in [2.75, 3.05) is 0 Å². The number of nitrogens with one attached hydrogen (secondary N) is 1. The highest BCUT2D eigenvalue weighted by atomic mass is 15.3. The van der Waals surface area contributed by atoms with Gasteiger partial charge in [0.1, 0.15) is 12.2 Å². The summed E-state index contributed by atoms with van der Waals surface area (Å²) in [5.41, 5.74) is 0. The lowest BCUT2D eigenvalue weighted by Crippen LogP contribution is -2.31. The second-order valence-corrected chi connectivity index (χ2v) is 3.28. The van der Waals surface area contributed by atoms with Crippen LogP contribution in [0.1, 0.15) is 32.1 Å². The fraction of sp³-hybridized carbons (Fsp3) is 0.667.